The largest absolute Gasteiger partial charge is 0.481 e. The molecule has 3 amide bonds. The van der Waals surface area contributed by atoms with Crippen molar-refractivity contribution in [1.29, 1.82) is 0 Å². The summed E-state index contributed by atoms with van der Waals surface area (Å²) in [4.78, 5) is 57.7. The number of carbonyl (C=O) groups is 5. The second kappa shape index (κ2) is 12.6. The molecular weight excluding hydrogens is 376 g/mol. The van der Waals surface area contributed by atoms with Crippen LogP contribution in [0.3, 0.4) is 0 Å². The van der Waals surface area contributed by atoms with Crippen LogP contribution in [0.5, 0.6) is 0 Å². The zero-order valence-corrected chi connectivity index (χ0v) is 15.8. The number of aliphatic carboxylic acids is 2. The fourth-order valence-electron chi connectivity index (χ4n) is 2.13. The quantitative estimate of drug-likeness (QED) is 0.171. The molecule has 0 spiro atoms. The van der Waals surface area contributed by atoms with Gasteiger partial charge in [0.15, 0.2) is 0 Å². The molecule has 8 N–H and O–H groups in total. The number of nitrogens with two attached hydrogens (primary N) is 1. The minimum absolute atomic E-state index is 0.0317. The van der Waals surface area contributed by atoms with Crippen LogP contribution >= 0.6 is 0 Å². The van der Waals surface area contributed by atoms with E-state index in [-0.39, 0.29) is 18.8 Å². The van der Waals surface area contributed by atoms with Crippen LogP contribution in [-0.4, -0.2) is 76.3 Å². The lowest BCUT2D eigenvalue weighted by atomic mass is 10.0. The standard InChI is InChI=1S/C16H28N4O8/c1-8(2)5-11(19-12(22)6-18-14(25)9(17)7-21)15(26)20-10(16(27)28)3-4-13(23)24/h8-11,21H,3-7,17H2,1-2H3,(H,18,25)(H,19,22)(H,20,26)(H,23,24)(H,27,28). The van der Waals surface area contributed by atoms with Crippen LogP contribution in [-0.2, 0) is 24.0 Å². The van der Waals surface area contributed by atoms with Crippen LogP contribution in [0.25, 0.3) is 0 Å². The molecule has 28 heavy (non-hydrogen) atoms. The van der Waals surface area contributed by atoms with Gasteiger partial charge in [0, 0.05) is 6.42 Å². The van der Waals surface area contributed by atoms with E-state index in [0.717, 1.165) is 0 Å². The van der Waals surface area contributed by atoms with Gasteiger partial charge >= 0.3 is 11.9 Å². The van der Waals surface area contributed by atoms with Crippen LogP contribution < -0.4 is 21.7 Å². The number of carbonyl (C=O) groups excluding carboxylic acids is 3. The number of hydrogen-bond acceptors (Lipinski definition) is 7. The normalized spacial score (nSPS) is 13.9. The van der Waals surface area contributed by atoms with Gasteiger partial charge in [-0.1, -0.05) is 13.8 Å². The van der Waals surface area contributed by atoms with Gasteiger partial charge in [0.05, 0.1) is 13.2 Å². The molecule has 0 saturated heterocycles. The first-order valence-electron chi connectivity index (χ1n) is 8.66. The zero-order valence-electron chi connectivity index (χ0n) is 15.8. The van der Waals surface area contributed by atoms with E-state index in [2.05, 4.69) is 16.0 Å². The molecule has 0 aromatic carbocycles. The highest BCUT2D eigenvalue weighted by molar-refractivity contribution is 5.92. The maximum absolute atomic E-state index is 12.4. The van der Waals surface area contributed by atoms with Crippen molar-refractivity contribution in [3.63, 3.8) is 0 Å². The van der Waals surface area contributed by atoms with Gasteiger partial charge in [-0.05, 0) is 18.8 Å². The predicted molar refractivity (Wildman–Crippen MR) is 95.9 cm³/mol. The minimum Gasteiger partial charge on any atom is -0.481 e. The van der Waals surface area contributed by atoms with E-state index in [1.165, 1.54) is 0 Å². The summed E-state index contributed by atoms with van der Waals surface area (Å²) < 4.78 is 0. The number of hydrogen-bond donors (Lipinski definition) is 7. The molecule has 0 aliphatic rings. The summed E-state index contributed by atoms with van der Waals surface area (Å²) >= 11 is 0. The van der Waals surface area contributed by atoms with E-state index < -0.39 is 67.4 Å². The Labute approximate surface area is 161 Å². The third-order valence-electron chi connectivity index (χ3n) is 3.58. The Morgan fingerprint density at radius 3 is 2.04 bits per heavy atom. The molecule has 0 aliphatic carbocycles. The Bertz CT molecular complexity index is 581. The van der Waals surface area contributed by atoms with Gasteiger partial charge in [-0.15, -0.1) is 0 Å². The maximum atomic E-state index is 12.4. The first-order valence-corrected chi connectivity index (χ1v) is 8.66. The van der Waals surface area contributed by atoms with Crippen LogP contribution in [0.15, 0.2) is 0 Å². The second-order valence-electron chi connectivity index (χ2n) is 6.59. The predicted octanol–water partition coefficient (Wildman–Crippen LogP) is -2.61. The van der Waals surface area contributed by atoms with Gasteiger partial charge in [0.1, 0.15) is 18.1 Å². The molecule has 12 heteroatoms. The van der Waals surface area contributed by atoms with E-state index in [0.29, 0.717) is 0 Å². The fraction of sp³-hybridized carbons (Fsp3) is 0.688. The average Bonchev–Trinajstić information content (AvgIpc) is 2.60. The molecule has 3 unspecified atom stereocenters. The molecule has 0 heterocycles. The van der Waals surface area contributed by atoms with Gasteiger partial charge in [-0.2, -0.15) is 0 Å². The lowest BCUT2D eigenvalue weighted by Gasteiger charge is -2.22. The van der Waals surface area contributed by atoms with Crippen molar-refractivity contribution < 1.29 is 39.3 Å². The lowest BCUT2D eigenvalue weighted by molar-refractivity contribution is -0.143. The Hall–Kier alpha value is -2.73. The molecular formula is C16H28N4O8. The van der Waals surface area contributed by atoms with Crippen molar-refractivity contribution in [2.45, 2.75) is 51.2 Å². The summed E-state index contributed by atoms with van der Waals surface area (Å²) in [5, 5.41) is 33.4. The van der Waals surface area contributed by atoms with Crippen LogP contribution in [0, 0.1) is 5.92 Å². The molecule has 0 radical (unpaired) electrons. The van der Waals surface area contributed by atoms with Gasteiger partial charge in [0.25, 0.3) is 0 Å². The zero-order chi connectivity index (χ0) is 21.9. The van der Waals surface area contributed by atoms with Crippen molar-refractivity contribution in [3.05, 3.63) is 0 Å². The average molecular weight is 404 g/mol. The van der Waals surface area contributed by atoms with Crippen LogP contribution in [0.1, 0.15) is 33.1 Å². The summed E-state index contributed by atoms with van der Waals surface area (Å²) in [5.74, 6) is -4.87. The SMILES string of the molecule is CC(C)CC(NC(=O)CNC(=O)C(N)CO)C(=O)NC(CCC(=O)O)C(=O)O. The highest BCUT2D eigenvalue weighted by atomic mass is 16.4. The number of amides is 3. The molecule has 0 rings (SSSR count). The molecule has 0 aliphatic heterocycles. The summed E-state index contributed by atoms with van der Waals surface area (Å²) in [6, 6.07) is -3.69. The Morgan fingerprint density at radius 1 is 0.964 bits per heavy atom. The molecule has 160 valence electrons. The second-order valence-corrected chi connectivity index (χ2v) is 6.59. The number of carboxylic acids is 2. The van der Waals surface area contributed by atoms with Crippen LogP contribution in [0.2, 0.25) is 0 Å². The molecule has 3 atom stereocenters. The topological polar surface area (TPSA) is 208 Å². The number of aliphatic hydroxyl groups excluding tert-OH is 1. The van der Waals surface area contributed by atoms with E-state index in [9.17, 15) is 24.0 Å². The smallest absolute Gasteiger partial charge is 0.326 e. The third-order valence-corrected chi connectivity index (χ3v) is 3.58. The highest BCUT2D eigenvalue weighted by Gasteiger charge is 2.27. The van der Waals surface area contributed by atoms with Crippen molar-refractivity contribution in [1.82, 2.24) is 16.0 Å². The first kappa shape index (κ1) is 25.3. The van der Waals surface area contributed by atoms with Crippen molar-refractivity contribution >= 4 is 29.7 Å². The molecule has 0 fully saturated rings. The summed E-state index contributed by atoms with van der Waals surface area (Å²) in [5.41, 5.74) is 5.30. The molecule has 0 bridgehead atoms. The molecule has 0 saturated carbocycles. The first-order chi connectivity index (χ1) is 13.0. The summed E-state index contributed by atoms with van der Waals surface area (Å²) in [6.07, 6.45) is -0.573. The summed E-state index contributed by atoms with van der Waals surface area (Å²) in [7, 11) is 0. The maximum Gasteiger partial charge on any atom is 0.326 e. The van der Waals surface area contributed by atoms with Crippen molar-refractivity contribution in [2.24, 2.45) is 11.7 Å². The minimum atomic E-state index is -1.42. The lowest BCUT2D eigenvalue weighted by Crippen LogP contribution is -2.54. The Balaban J connectivity index is 4.91. The van der Waals surface area contributed by atoms with E-state index in [1.807, 2.05) is 0 Å². The van der Waals surface area contributed by atoms with Gasteiger partial charge < -0.3 is 37.0 Å². The number of nitrogens with one attached hydrogen (secondary N) is 3. The Kier molecular flexibility index (Phi) is 11.4. The number of carboxylic acid groups (broad SMARTS) is 2. The molecule has 12 nitrogen and oxygen atoms in total. The van der Waals surface area contributed by atoms with E-state index in [1.54, 1.807) is 13.8 Å². The van der Waals surface area contributed by atoms with Gasteiger partial charge in [-0.3, -0.25) is 19.2 Å². The van der Waals surface area contributed by atoms with Crippen molar-refractivity contribution in [2.75, 3.05) is 13.2 Å². The van der Waals surface area contributed by atoms with E-state index in [4.69, 9.17) is 21.1 Å². The fourth-order valence-corrected chi connectivity index (χ4v) is 2.13. The monoisotopic (exact) mass is 404 g/mol. The summed E-state index contributed by atoms with van der Waals surface area (Å²) in [6.45, 7) is 2.48. The van der Waals surface area contributed by atoms with Gasteiger partial charge in [-0.25, -0.2) is 4.79 Å². The van der Waals surface area contributed by atoms with Crippen LogP contribution in [0.4, 0.5) is 0 Å². The van der Waals surface area contributed by atoms with Crippen molar-refractivity contribution in [3.8, 4) is 0 Å². The third kappa shape index (κ3) is 10.4. The molecule has 0 aromatic heterocycles. The number of rotatable bonds is 13. The Morgan fingerprint density at radius 2 is 1.57 bits per heavy atom. The number of aliphatic hydroxyl groups is 1. The highest BCUT2D eigenvalue weighted by Crippen LogP contribution is 2.07. The van der Waals surface area contributed by atoms with Gasteiger partial charge in [0.2, 0.25) is 17.7 Å². The van der Waals surface area contributed by atoms with E-state index >= 15 is 0 Å². The molecule has 0 aromatic rings.